The second-order valence-corrected chi connectivity index (χ2v) is 7.50. The van der Waals surface area contributed by atoms with E-state index in [0.29, 0.717) is 5.16 Å². The zero-order valence-electron chi connectivity index (χ0n) is 13.7. The Bertz CT molecular complexity index is 540. The smallest absolute Gasteiger partial charge is 0.318 e. The molecular weight excluding hydrogens is 314 g/mol. The third-order valence-corrected chi connectivity index (χ3v) is 5.52. The molecule has 0 aliphatic heterocycles. The third-order valence-electron chi connectivity index (χ3n) is 4.12. The van der Waals surface area contributed by atoms with Crippen molar-refractivity contribution in [1.82, 2.24) is 20.5 Å². The second-order valence-electron chi connectivity index (χ2n) is 6.39. The fourth-order valence-corrected chi connectivity index (χ4v) is 3.81. The number of hydrogen-bond donors (Lipinski definition) is 3. The maximum absolute atomic E-state index is 12.0. The number of urea groups is 1. The molecule has 0 aromatic carbocycles. The largest absolute Gasteiger partial charge is 0.351 e. The van der Waals surface area contributed by atoms with Crippen molar-refractivity contribution >= 4 is 23.7 Å². The van der Waals surface area contributed by atoms with E-state index >= 15 is 0 Å². The van der Waals surface area contributed by atoms with Crippen molar-refractivity contribution in [2.45, 2.75) is 62.8 Å². The van der Waals surface area contributed by atoms with Crippen molar-refractivity contribution in [1.29, 1.82) is 0 Å². The van der Waals surface area contributed by atoms with Crippen LogP contribution in [0.4, 0.5) is 4.79 Å². The predicted octanol–water partition coefficient (Wildman–Crippen LogP) is 2.24. The Morgan fingerprint density at radius 3 is 2.70 bits per heavy atom. The van der Waals surface area contributed by atoms with Gasteiger partial charge in [-0.2, -0.15) is 0 Å². The van der Waals surface area contributed by atoms with Gasteiger partial charge in [0.05, 0.1) is 5.25 Å². The number of amides is 3. The van der Waals surface area contributed by atoms with Gasteiger partial charge in [-0.3, -0.25) is 15.2 Å². The zero-order valence-corrected chi connectivity index (χ0v) is 14.5. The molecule has 0 radical (unpaired) electrons. The van der Waals surface area contributed by atoms with Crippen molar-refractivity contribution in [2.75, 3.05) is 0 Å². The minimum atomic E-state index is -0.839. The SMILES string of the molecule is CC(C)C(Sc1n[nH]c(CCC2CCCC2)n1)C(=O)NC(N)=O. The molecule has 1 heterocycles. The first-order chi connectivity index (χ1) is 11.0. The highest BCUT2D eigenvalue weighted by atomic mass is 32.2. The molecule has 2 rings (SSSR count). The first-order valence-corrected chi connectivity index (χ1v) is 9.02. The molecule has 1 aromatic heterocycles. The van der Waals surface area contributed by atoms with E-state index in [1.165, 1.54) is 37.4 Å². The Labute approximate surface area is 140 Å². The summed E-state index contributed by atoms with van der Waals surface area (Å²) in [6.45, 7) is 3.82. The van der Waals surface area contributed by atoms with Gasteiger partial charge in [0.15, 0.2) is 0 Å². The van der Waals surface area contributed by atoms with Crippen LogP contribution in [0.2, 0.25) is 0 Å². The molecule has 23 heavy (non-hydrogen) atoms. The molecule has 1 fully saturated rings. The molecule has 0 spiro atoms. The maximum atomic E-state index is 12.0. The van der Waals surface area contributed by atoms with Crippen LogP contribution in [-0.2, 0) is 11.2 Å². The van der Waals surface area contributed by atoms with E-state index < -0.39 is 17.2 Å². The zero-order chi connectivity index (χ0) is 16.8. The van der Waals surface area contributed by atoms with Crippen molar-refractivity contribution in [3.05, 3.63) is 5.82 Å². The Morgan fingerprint density at radius 1 is 1.39 bits per heavy atom. The van der Waals surface area contributed by atoms with E-state index in [-0.39, 0.29) is 5.92 Å². The summed E-state index contributed by atoms with van der Waals surface area (Å²) >= 11 is 1.25. The number of nitrogens with zero attached hydrogens (tertiary/aromatic N) is 2. The third kappa shape index (κ3) is 5.53. The average molecular weight is 339 g/mol. The molecule has 1 atom stereocenters. The van der Waals surface area contributed by atoms with Gasteiger partial charge in [0.1, 0.15) is 5.82 Å². The van der Waals surface area contributed by atoms with E-state index in [9.17, 15) is 9.59 Å². The van der Waals surface area contributed by atoms with E-state index in [0.717, 1.165) is 24.6 Å². The van der Waals surface area contributed by atoms with Gasteiger partial charge in [0, 0.05) is 6.42 Å². The van der Waals surface area contributed by atoms with E-state index in [1.807, 2.05) is 13.8 Å². The highest BCUT2D eigenvalue weighted by Crippen LogP contribution is 2.29. The molecule has 4 N–H and O–H groups in total. The van der Waals surface area contributed by atoms with Gasteiger partial charge in [-0.15, -0.1) is 5.10 Å². The van der Waals surface area contributed by atoms with Gasteiger partial charge in [-0.05, 0) is 18.3 Å². The van der Waals surface area contributed by atoms with Crippen LogP contribution < -0.4 is 11.1 Å². The first-order valence-electron chi connectivity index (χ1n) is 8.14. The number of aromatic nitrogens is 3. The lowest BCUT2D eigenvalue weighted by atomic mass is 10.0. The summed E-state index contributed by atoms with van der Waals surface area (Å²) in [4.78, 5) is 27.3. The second kappa shape index (κ2) is 8.33. The molecule has 128 valence electrons. The fourth-order valence-electron chi connectivity index (χ4n) is 2.88. The van der Waals surface area contributed by atoms with Crippen molar-refractivity contribution < 1.29 is 9.59 Å². The van der Waals surface area contributed by atoms with Crippen LogP contribution in [0.15, 0.2) is 5.16 Å². The normalized spacial score (nSPS) is 16.7. The van der Waals surface area contributed by atoms with Crippen LogP contribution in [-0.4, -0.2) is 32.4 Å². The number of thioether (sulfide) groups is 1. The monoisotopic (exact) mass is 339 g/mol. The van der Waals surface area contributed by atoms with Crippen LogP contribution in [0.5, 0.6) is 0 Å². The molecule has 0 bridgehead atoms. The van der Waals surface area contributed by atoms with Crippen molar-refractivity contribution in [3.8, 4) is 0 Å². The van der Waals surface area contributed by atoms with Gasteiger partial charge < -0.3 is 5.73 Å². The van der Waals surface area contributed by atoms with Crippen LogP contribution in [0.3, 0.4) is 0 Å². The van der Waals surface area contributed by atoms with Gasteiger partial charge >= 0.3 is 6.03 Å². The standard InChI is InChI=1S/C15H25N5O2S/c1-9(2)12(13(21)18-14(16)22)23-15-17-11(19-20-15)8-7-10-5-3-4-6-10/h9-10,12H,3-8H2,1-2H3,(H,17,19,20)(H3,16,18,21,22). The lowest BCUT2D eigenvalue weighted by Gasteiger charge is -2.16. The van der Waals surface area contributed by atoms with Gasteiger partial charge in [-0.25, -0.2) is 9.78 Å². The van der Waals surface area contributed by atoms with Gasteiger partial charge in [0.2, 0.25) is 11.1 Å². The molecule has 1 aliphatic rings. The fraction of sp³-hybridized carbons (Fsp3) is 0.733. The quantitative estimate of drug-likeness (QED) is 0.659. The van der Waals surface area contributed by atoms with Crippen LogP contribution in [0.1, 0.15) is 51.8 Å². The number of imide groups is 1. The van der Waals surface area contributed by atoms with Crippen LogP contribution >= 0.6 is 11.8 Å². The summed E-state index contributed by atoms with van der Waals surface area (Å²) in [5.41, 5.74) is 5.01. The highest BCUT2D eigenvalue weighted by molar-refractivity contribution is 8.00. The molecule has 0 saturated heterocycles. The van der Waals surface area contributed by atoms with Crippen LogP contribution in [0.25, 0.3) is 0 Å². The Balaban J connectivity index is 1.89. The molecule has 1 aliphatic carbocycles. The number of nitrogens with two attached hydrogens (primary N) is 1. The molecular formula is C15H25N5O2S. The summed E-state index contributed by atoms with van der Waals surface area (Å²) in [5.74, 6) is 1.28. The summed E-state index contributed by atoms with van der Waals surface area (Å²) in [7, 11) is 0. The molecule has 3 amide bonds. The summed E-state index contributed by atoms with van der Waals surface area (Å²) in [6.07, 6.45) is 7.34. The van der Waals surface area contributed by atoms with E-state index in [1.54, 1.807) is 0 Å². The number of primary amides is 1. The summed E-state index contributed by atoms with van der Waals surface area (Å²) < 4.78 is 0. The number of aryl methyl sites for hydroxylation is 1. The van der Waals surface area contributed by atoms with Crippen LogP contribution in [0, 0.1) is 11.8 Å². The number of nitrogens with one attached hydrogen (secondary N) is 2. The Hall–Kier alpha value is -1.57. The van der Waals surface area contributed by atoms with E-state index in [2.05, 4.69) is 20.5 Å². The van der Waals surface area contributed by atoms with E-state index in [4.69, 9.17) is 5.73 Å². The topological polar surface area (TPSA) is 114 Å². The molecule has 1 aromatic rings. The number of hydrogen-bond acceptors (Lipinski definition) is 5. The van der Waals surface area contributed by atoms with Crippen molar-refractivity contribution in [3.63, 3.8) is 0 Å². The Kier molecular flexibility index (Phi) is 6.44. The molecule has 7 nitrogen and oxygen atoms in total. The Morgan fingerprint density at radius 2 is 2.09 bits per heavy atom. The number of carbonyl (C=O) groups excluding carboxylic acids is 2. The van der Waals surface area contributed by atoms with Gasteiger partial charge in [-0.1, -0.05) is 51.3 Å². The molecule has 1 unspecified atom stereocenters. The maximum Gasteiger partial charge on any atom is 0.318 e. The number of carbonyl (C=O) groups is 2. The summed E-state index contributed by atoms with van der Waals surface area (Å²) in [6, 6.07) is -0.839. The first kappa shape index (κ1) is 17.8. The number of aromatic amines is 1. The molecule has 8 heteroatoms. The molecule has 1 saturated carbocycles. The van der Waals surface area contributed by atoms with Gasteiger partial charge in [0.25, 0.3) is 0 Å². The summed E-state index contributed by atoms with van der Waals surface area (Å²) in [5, 5.41) is 9.33. The average Bonchev–Trinajstić information content (AvgIpc) is 3.13. The highest BCUT2D eigenvalue weighted by Gasteiger charge is 2.26. The lowest BCUT2D eigenvalue weighted by Crippen LogP contribution is -2.42. The number of H-pyrrole nitrogens is 1. The minimum absolute atomic E-state index is 0.0276. The predicted molar refractivity (Wildman–Crippen MR) is 88.9 cm³/mol. The lowest BCUT2D eigenvalue weighted by molar-refractivity contribution is -0.120. The number of rotatable bonds is 7. The van der Waals surface area contributed by atoms with Crippen molar-refractivity contribution in [2.24, 2.45) is 17.6 Å². The minimum Gasteiger partial charge on any atom is -0.351 e.